The van der Waals surface area contributed by atoms with Crippen LogP contribution >= 0.6 is 11.6 Å². The molecule has 2 rings (SSSR count). The largest absolute Gasteiger partial charge is 0.241 e. The number of benzene rings is 1. The highest BCUT2D eigenvalue weighted by molar-refractivity contribution is 6.31. The van der Waals surface area contributed by atoms with Crippen molar-refractivity contribution in [2.75, 3.05) is 0 Å². The second-order valence-electron chi connectivity index (χ2n) is 4.26. The maximum Gasteiger partial charge on any atom is 0.128 e. The zero-order valence-corrected chi connectivity index (χ0v) is 10.8. The van der Waals surface area contributed by atoms with E-state index in [0.717, 1.165) is 34.8 Å². The van der Waals surface area contributed by atoms with Crippen molar-refractivity contribution in [1.29, 1.82) is 0 Å². The summed E-state index contributed by atoms with van der Waals surface area (Å²) in [5.41, 5.74) is 3.43. The summed E-state index contributed by atoms with van der Waals surface area (Å²) in [7, 11) is 0. The van der Waals surface area contributed by atoms with Crippen molar-refractivity contribution in [2.45, 2.75) is 26.7 Å². The second kappa shape index (κ2) is 5.28. The number of aromatic nitrogens is 2. The number of hydrogen-bond donors (Lipinski definition) is 0. The zero-order valence-electron chi connectivity index (χ0n) is 10.1. The highest BCUT2D eigenvalue weighted by Crippen LogP contribution is 2.17. The van der Waals surface area contributed by atoms with Crippen molar-refractivity contribution >= 4 is 11.6 Å². The molecule has 0 N–H and O–H groups in total. The molecule has 0 fully saturated rings. The van der Waals surface area contributed by atoms with Gasteiger partial charge in [0.15, 0.2) is 0 Å². The van der Waals surface area contributed by atoms with Crippen molar-refractivity contribution in [1.82, 2.24) is 9.97 Å². The molecule has 0 unspecified atom stereocenters. The standard InChI is InChI=1S/C14H15ClN2/c1-10-8-16-14(17-9-10)6-5-12-4-3-11(2)13(15)7-12/h3-4,7-9H,5-6H2,1-2H3. The van der Waals surface area contributed by atoms with E-state index >= 15 is 0 Å². The summed E-state index contributed by atoms with van der Waals surface area (Å²) in [4.78, 5) is 8.58. The molecule has 1 aromatic heterocycles. The van der Waals surface area contributed by atoms with Gasteiger partial charge in [-0.2, -0.15) is 0 Å². The van der Waals surface area contributed by atoms with Crippen LogP contribution in [0.25, 0.3) is 0 Å². The molecule has 1 aromatic carbocycles. The second-order valence-corrected chi connectivity index (χ2v) is 4.67. The maximum absolute atomic E-state index is 6.09. The molecule has 17 heavy (non-hydrogen) atoms. The minimum absolute atomic E-state index is 0.826. The van der Waals surface area contributed by atoms with Gasteiger partial charge < -0.3 is 0 Å². The van der Waals surface area contributed by atoms with Crippen LogP contribution in [0.2, 0.25) is 5.02 Å². The summed E-state index contributed by atoms with van der Waals surface area (Å²) in [6, 6.07) is 6.17. The average molecular weight is 247 g/mol. The molecule has 0 aliphatic heterocycles. The highest BCUT2D eigenvalue weighted by Gasteiger charge is 2.01. The normalized spacial score (nSPS) is 10.5. The molecule has 1 heterocycles. The van der Waals surface area contributed by atoms with E-state index in [4.69, 9.17) is 11.6 Å². The van der Waals surface area contributed by atoms with Gasteiger partial charge in [0.1, 0.15) is 5.82 Å². The minimum atomic E-state index is 0.826. The third-order valence-corrected chi connectivity index (χ3v) is 3.12. The van der Waals surface area contributed by atoms with E-state index in [1.807, 2.05) is 38.4 Å². The predicted octanol–water partition coefficient (Wildman–Crippen LogP) is 3.53. The predicted molar refractivity (Wildman–Crippen MR) is 70.4 cm³/mol. The number of nitrogens with zero attached hydrogens (tertiary/aromatic N) is 2. The monoisotopic (exact) mass is 246 g/mol. The lowest BCUT2D eigenvalue weighted by Crippen LogP contribution is -1.98. The Hall–Kier alpha value is -1.41. The number of aryl methyl sites for hydroxylation is 4. The zero-order chi connectivity index (χ0) is 12.3. The van der Waals surface area contributed by atoms with Gasteiger partial charge in [0.05, 0.1) is 0 Å². The van der Waals surface area contributed by atoms with Crippen molar-refractivity contribution in [3.63, 3.8) is 0 Å². The molecule has 0 saturated carbocycles. The van der Waals surface area contributed by atoms with Gasteiger partial charge in [-0.3, -0.25) is 0 Å². The van der Waals surface area contributed by atoms with Gasteiger partial charge in [-0.1, -0.05) is 23.7 Å². The maximum atomic E-state index is 6.09. The first-order valence-corrected chi connectivity index (χ1v) is 6.05. The van der Waals surface area contributed by atoms with Crippen LogP contribution in [0.1, 0.15) is 22.5 Å². The Morgan fingerprint density at radius 2 is 1.76 bits per heavy atom. The van der Waals surface area contributed by atoms with E-state index in [2.05, 4.69) is 16.0 Å². The van der Waals surface area contributed by atoms with Crippen molar-refractivity contribution < 1.29 is 0 Å². The number of hydrogen-bond acceptors (Lipinski definition) is 2. The molecule has 0 bridgehead atoms. The molecule has 0 atom stereocenters. The van der Waals surface area contributed by atoms with E-state index in [1.54, 1.807) is 0 Å². The molecular formula is C14H15ClN2. The SMILES string of the molecule is Cc1cnc(CCc2ccc(C)c(Cl)c2)nc1. The van der Waals surface area contributed by atoms with Gasteiger partial charge in [-0.25, -0.2) is 9.97 Å². The quantitative estimate of drug-likeness (QED) is 0.828. The van der Waals surface area contributed by atoms with Crippen LogP contribution in [0.5, 0.6) is 0 Å². The Morgan fingerprint density at radius 3 is 2.41 bits per heavy atom. The van der Waals surface area contributed by atoms with Crippen molar-refractivity contribution in [3.05, 3.63) is 58.1 Å². The Balaban J connectivity index is 2.02. The summed E-state index contributed by atoms with van der Waals surface area (Å²) < 4.78 is 0. The topological polar surface area (TPSA) is 25.8 Å². The van der Waals surface area contributed by atoms with Gasteiger partial charge in [0.2, 0.25) is 0 Å². The number of halogens is 1. The summed E-state index contributed by atoms with van der Waals surface area (Å²) in [6.45, 7) is 4.00. The Kier molecular flexibility index (Phi) is 3.75. The molecule has 0 aliphatic rings. The van der Waals surface area contributed by atoms with Crippen LogP contribution in [-0.4, -0.2) is 9.97 Å². The molecular weight excluding hydrogens is 232 g/mol. The van der Waals surface area contributed by atoms with Crippen LogP contribution in [-0.2, 0) is 12.8 Å². The Bertz CT molecular complexity index is 506. The van der Waals surface area contributed by atoms with Crippen LogP contribution in [0.15, 0.2) is 30.6 Å². The Labute approximate surface area is 107 Å². The van der Waals surface area contributed by atoms with Crippen molar-refractivity contribution in [2.24, 2.45) is 0 Å². The third-order valence-electron chi connectivity index (χ3n) is 2.71. The molecule has 88 valence electrons. The molecule has 3 heteroatoms. The van der Waals surface area contributed by atoms with E-state index < -0.39 is 0 Å². The smallest absolute Gasteiger partial charge is 0.128 e. The van der Waals surface area contributed by atoms with Crippen LogP contribution in [0.4, 0.5) is 0 Å². The average Bonchev–Trinajstić information content (AvgIpc) is 2.33. The van der Waals surface area contributed by atoms with Gasteiger partial charge in [-0.05, 0) is 43.0 Å². The molecule has 2 nitrogen and oxygen atoms in total. The molecule has 0 amide bonds. The van der Waals surface area contributed by atoms with Gasteiger partial charge in [-0.15, -0.1) is 0 Å². The van der Waals surface area contributed by atoms with Gasteiger partial charge in [0.25, 0.3) is 0 Å². The lowest BCUT2D eigenvalue weighted by atomic mass is 10.1. The fourth-order valence-corrected chi connectivity index (χ4v) is 1.80. The first-order chi connectivity index (χ1) is 8.15. The fourth-order valence-electron chi connectivity index (χ4n) is 1.60. The molecule has 0 radical (unpaired) electrons. The minimum Gasteiger partial charge on any atom is -0.241 e. The molecule has 0 saturated heterocycles. The summed E-state index contributed by atoms with van der Waals surface area (Å²) in [5, 5.41) is 0.826. The van der Waals surface area contributed by atoms with Gasteiger partial charge >= 0.3 is 0 Å². The summed E-state index contributed by atoms with van der Waals surface area (Å²) in [5.74, 6) is 0.882. The summed E-state index contributed by atoms with van der Waals surface area (Å²) >= 11 is 6.09. The van der Waals surface area contributed by atoms with Gasteiger partial charge in [0, 0.05) is 23.8 Å². The van der Waals surface area contributed by atoms with E-state index in [-0.39, 0.29) is 0 Å². The van der Waals surface area contributed by atoms with Crippen LogP contribution < -0.4 is 0 Å². The van der Waals surface area contributed by atoms with Crippen LogP contribution in [0, 0.1) is 13.8 Å². The highest BCUT2D eigenvalue weighted by atomic mass is 35.5. The molecule has 2 aromatic rings. The van der Waals surface area contributed by atoms with Crippen LogP contribution in [0.3, 0.4) is 0 Å². The molecule has 0 spiro atoms. The fraction of sp³-hybridized carbons (Fsp3) is 0.286. The van der Waals surface area contributed by atoms with E-state index in [9.17, 15) is 0 Å². The molecule has 0 aliphatic carbocycles. The number of rotatable bonds is 3. The Morgan fingerprint density at radius 1 is 1.06 bits per heavy atom. The summed E-state index contributed by atoms with van der Waals surface area (Å²) in [6.07, 6.45) is 5.47. The van der Waals surface area contributed by atoms with E-state index in [1.165, 1.54) is 5.56 Å². The lowest BCUT2D eigenvalue weighted by Gasteiger charge is -2.03. The first-order valence-electron chi connectivity index (χ1n) is 5.68. The van der Waals surface area contributed by atoms with Crippen molar-refractivity contribution in [3.8, 4) is 0 Å². The third kappa shape index (κ3) is 3.27. The van der Waals surface area contributed by atoms with E-state index in [0.29, 0.717) is 0 Å². The lowest BCUT2D eigenvalue weighted by molar-refractivity contribution is 0.852. The first kappa shape index (κ1) is 12.1.